The Morgan fingerprint density at radius 2 is 2.11 bits per heavy atom. The molecule has 18 heavy (non-hydrogen) atoms. The molecule has 1 aliphatic carbocycles. The minimum absolute atomic E-state index is 0.288. The summed E-state index contributed by atoms with van der Waals surface area (Å²) in [5, 5.41) is 4.10. The molecule has 1 saturated carbocycles. The van der Waals surface area contributed by atoms with Gasteiger partial charge in [0.25, 0.3) is 0 Å². The Balaban J connectivity index is 2.01. The Morgan fingerprint density at radius 3 is 2.67 bits per heavy atom. The summed E-state index contributed by atoms with van der Waals surface area (Å²) in [6.45, 7) is 7.64. The topological polar surface area (TPSA) is 32.3 Å². The van der Waals surface area contributed by atoms with Crippen LogP contribution in [0.3, 0.4) is 0 Å². The van der Waals surface area contributed by atoms with Gasteiger partial charge in [-0.15, -0.1) is 0 Å². The molecule has 3 nitrogen and oxygen atoms in total. The largest absolute Gasteiger partial charge is 0.308 e. The second kappa shape index (κ2) is 6.02. The number of nitrogens with zero attached hydrogens (tertiary/aromatic N) is 1. The molecule has 106 valence electrons. The molecule has 1 spiro atoms. The van der Waals surface area contributed by atoms with Crippen LogP contribution in [0.25, 0.3) is 0 Å². The maximum atomic E-state index is 11.6. The van der Waals surface area contributed by atoms with Crippen LogP contribution in [0.4, 0.5) is 0 Å². The SMILES string of the molecule is CCC1CNC2(CCCC2)CN1CC(C)S(C)=O. The zero-order chi connectivity index (χ0) is 13.2. The first-order valence-electron chi connectivity index (χ1n) is 7.37. The van der Waals surface area contributed by atoms with E-state index in [2.05, 4.69) is 24.1 Å². The molecule has 0 bridgehead atoms. The van der Waals surface area contributed by atoms with Crippen LogP contribution in [-0.4, -0.2) is 51.8 Å². The molecule has 0 amide bonds. The first-order valence-corrected chi connectivity index (χ1v) is 9.00. The van der Waals surface area contributed by atoms with Gasteiger partial charge in [-0.05, 0) is 26.2 Å². The first-order chi connectivity index (χ1) is 8.56. The van der Waals surface area contributed by atoms with E-state index in [9.17, 15) is 4.21 Å². The molecule has 1 aliphatic heterocycles. The van der Waals surface area contributed by atoms with Crippen LogP contribution in [0.15, 0.2) is 0 Å². The van der Waals surface area contributed by atoms with Crippen molar-refractivity contribution < 1.29 is 4.21 Å². The van der Waals surface area contributed by atoms with Gasteiger partial charge in [0, 0.05) is 53.5 Å². The number of piperazine rings is 1. The zero-order valence-electron chi connectivity index (χ0n) is 12.1. The second-order valence-corrected chi connectivity index (χ2v) is 7.97. The van der Waals surface area contributed by atoms with E-state index in [0.717, 1.165) is 19.6 Å². The van der Waals surface area contributed by atoms with Crippen molar-refractivity contribution in [1.82, 2.24) is 10.2 Å². The van der Waals surface area contributed by atoms with Crippen LogP contribution in [0.1, 0.15) is 46.0 Å². The number of nitrogens with one attached hydrogen (secondary N) is 1. The van der Waals surface area contributed by atoms with Crippen molar-refractivity contribution in [1.29, 1.82) is 0 Å². The summed E-state index contributed by atoms with van der Waals surface area (Å²) < 4.78 is 11.6. The third-order valence-corrected chi connectivity index (χ3v) is 6.11. The highest BCUT2D eigenvalue weighted by Gasteiger charge is 2.40. The van der Waals surface area contributed by atoms with Crippen LogP contribution in [0.2, 0.25) is 0 Å². The van der Waals surface area contributed by atoms with Gasteiger partial charge in [0.2, 0.25) is 0 Å². The normalized spacial score (nSPS) is 31.6. The first kappa shape index (κ1) is 14.5. The van der Waals surface area contributed by atoms with Crippen LogP contribution < -0.4 is 5.32 Å². The van der Waals surface area contributed by atoms with Crippen molar-refractivity contribution in [2.45, 2.75) is 62.8 Å². The summed E-state index contributed by atoms with van der Waals surface area (Å²) in [7, 11) is -0.704. The third kappa shape index (κ3) is 3.14. The van der Waals surface area contributed by atoms with Crippen molar-refractivity contribution in [2.75, 3.05) is 25.9 Å². The molecule has 1 N–H and O–H groups in total. The van der Waals surface area contributed by atoms with Crippen molar-refractivity contribution >= 4 is 10.8 Å². The molecule has 0 radical (unpaired) electrons. The predicted octanol–water partition coefficient (Wildman–Crippen LogP) is 1.75. The summed E-state index contributed by atoms with van der Waals surface area (Å²) in [4.78, 5) is 2.61. The maximum Gasteiger partial charge on any atom is 0.0444 e. The Kier molecular flexibility index (Phi) is 4.84. The predicted molar refractivity (Wildman–Crippen MR) is 78.4 cm³/mol. The van der Waals surface area contributed by atoms with E-state index in [4.69, 9.17) is 0 Å². The van der Waals surface area contributed by atoms with Gasteiger partial charge in [-0.3, -0.25) is 9.11 Å². The average Bonchev–Trinajstić information content (AvgIpc) is 2.77. The standard InChI is InChI=1S/C14H28N2OS/c1-4-13-9-15-14(7-5-6-8-14)11-16(13)10-12(2)18(3)17/h12-13,15H,4-11H2,1-3H3. The van der Waals surface area contributed by atoms with Gasteiger partial charge >= 0.3 is 0 Å². The van der Waals surface area contributed by atoms with E-state index in [1.54, 1.807) is 0 Å². The van der Waals surface area contributed by atoms with Gasteiger partial charge in [-0.25, -0.2) is 0 Å². The highest BCUT2D eigenvalue weighted by atomic mass is 32.2. The molecule has 0 aromatic rings. The van der Waals surface area contributed by atoms with Crippen molar-refractivity contribution in [3.63, 3.8) is 0 Å². The van der Waals surface area contributed by atoms with E-state index < -0.39 is 10.8 Å². The molecule has 3 atom stereocenters. The van der Waals surface area contributed by atoms with E-state index in [1.165, 1.54) is 32.1 Å². The molecule has 4 heteroatoms. The quantitative estimate of drug-likeness (QED) is 0.846. The molecule has 1 saturated heterocycles. The summed E-state index contributed by atoms with van der Waals surface area (Å²) in [6.07, 6.45) is 8.40. The van der Waals surface area contributed by atoms with E-state index in [0.29, 0.717) is 11.6 Å². The zero-order valence-corrected chi connectivity index (χ0v) is 12.9. The van der Waals surface area contributed by atoms with Gasteiger partial charge in [0.1, 0.15) is 0 Å². The van der Waals surface area contributed by atoms with Gasteiger partial charge in [0.05, 0.1) is 0 Å². The summed E-state index contributed by atoms with van der Waals surface area (Å²) >= 11 is 0. The van der Waals surface area contributed by atoms with Crippen LogP contribution in [-0.2, 0) is 10.8 Å². The minimum atomic E-state index is -0.704. The summed E-state index contributed by atoms with van der Waals surface area (Å²) in [5.41, 5.74) is 0.376. The molecule has 1 heterocycles. The van der Waals surface area contributed by atoms with Gasteiger partial charge in [-0.1, -0.05) is 19.8 Å². The lowest BCUT2D eigenvalue weighted by atomic mass is 9.91. The van der Waals surface area contributed by atoms with E-state index in [-0.39, 0.29) is 5.25 Å². The Morgan fingerprint density at radius 1 is 1.44 bits per heavy atom. The van der Waals surface area contributed by atoms with Crippen molar-refractivity contribution in [3.8, 4) is 0 Å². The molecule has 2 rings (SSSR count). The van der Waals surface area contributed by atoms with Crippen LogP contribution >= 0.6 is 0 Å². The average molecular weight is 272 g/mol. The molecule has 2 aliphatic rings. The van der Waals surface area contributed by atoms with Crippen LogP contribution in [0, 0.1) is 0 Å². The highest BCUT2D eigenvalue weighted by Crippen LogP contribution is 2.33. The Bertz CT molecular complexity index is 302. The fourth-order valence-electron chi connectivity index (χ4n) is 3.48. The Labute approximate surface area is 114 Å². The van der Waals surface area contributed by atoms with Crippen molar-refractivity contribution in [2.24, 2.45) is 0 Å². The molecular weight excluding hydrogens is 244 g/mol. The molecule has 0 aromatic carbocycles. The minimum Gasteiger partial charge on any atom is -0.308 e. The number of hydrogen-bond donors (Lipinski definition) is 1. The lowest BCUT2D eigenvalue weighted by molar-refractivity contribution is 0.0794. The van der Waals surface area contributed by atoms with Gasteiger partial charge in [-0.2, -0.15) is 0 Å². The second-order valence-electron chi connectivity index (χ2n) is 6.17. The summed E-state index contributed by atoms with van der Waals surface area (Å²) in [5.74, 6) is 0. The molecule has 3 unspecified atom stereocenters. The smallest absolute Gasteiger partial charge is 0.0444 e. The summed E-state index contributed by atoms with van der Waals surface area (Å²) in [6, 6.07) is 0.627. The molecule has 2 fully saturated rings. The Hall–Kier alpha value is 0.0700. The lowest BCUT2D eigenvalue weighted by Gasteiger charge is -2.47. The maximum absolute atomic E-state index is 11.6. The highest BCUT2D eigenvalue weighted by molar-refractivity contribution is 7.84. The number of rotatable bonds is 4. The fraction of sp³-hybridized carbons (Fsp3) is 1.00. The van der Waals surface area contributed by atoms with Crippen molar-refractivity contribution in [3.05, 3.63) is 0 Å². The number of hydrogen-bond acceptors (Lipinski definition) is 3. The molecule has 0 aromatic heterocycles. The van der Waals surface area contributed by atoms with E-state index in [1.807, 2.05) is 6.26 Å². The monoisotopic (exact) mass is 272 g/mol. The third-order valence-electron chi connectivity index (χ3n) is 4.83. The van der Waals surface area contributed by atoms with Gasteiger partial charge in [0.15, 0.2) is 0 Å². The van der Waals surface area contributed by atoms with E-state index >= 15 is 0 Å². The molecular formula is C14H28N2OS. The fourth-order valence-corrected chi connectivity index (χ4v) is 3.88. The lowest BCUT2D eigenvalue weighted by Crippen LogP contribution is -2.63. The van der Waals surface area contributed by atoms with Gasteiger partial charge < -0.3 is 5.32 Å². The van der Waals surface area contributed by atoms with Crippen LogP contribution in [0.5, 0.6) is 0 Å².